The number of nitrogens with zero attached hydrogens (tertiary/aromatic N) is 6. The number of carbonyl (C=O) groups is 6. The van der Waals surface area contributed by atoms with Crippen LogP contribution in [0, 0.1) is 41.2 Å². The van der Waals surface area contributed by atoms with Crippen molar-refractivity contribution in [3.05, 3.63) is 197 Å². The molecule has 139 heavy (non-hydrogen) atoms. The third-order valence-corrected chi connectivity index (χ3v) is 30.6. The second-order valence-corrected chi connectivity index (χ2v) is 41.1. The van der Waals surface area contributed by atoms with Gasteiger partial charge in [-0.15, -0.1) is 24.0 Å². The van der Waals surface area contributed by atoms with Gasteiger partial charge in [0.15, 0.2) is 49.9 Å². The minimum Gasteiger partial charge on any atom is -0.490 e. The summed E-state index contributed by atoms with van der Waals surface area (Å²) in [6, 6.07) is 39.6. The number of aliphatic imine (C=N–C) groups is 3. The van der Waals surface area contributed by atoms with E-state index in [1.54, 1.807) is 32.1 Å². The number of benzene rings is 7. The zero-order valence-corrected chi connectivity index (χ0v) is 89.6. The van der Waals surface area contributed by atoms with Crippen LogP contribution in [0.1, 0.15) is 124 Å². The normalized spacial score (nSPS) is 29.0. The van der Waals surface area contributed by atoms with Crippen molar-refractivity contribution in [2.24, 2.45) is 56.0 Å². The summed E-state index contributed by atoms with van der Waals surface area (Å²) in [4.78, 5) is 97.3. The lowest BCUT2D eigenvalue weighted by molar-refractivity contribution is -0.134. The molecule has 7 fully saturated rings. The van der Waals surface area contributed by atoms with Gasteiger partial charge in [-0.25, -0.2) is 28.6 Å². The summed E-state index contributed by atoms with van der Waals surface area (Å²) in [6.07, 6.45) is 14.0. The molecule has 7 amide bonds. The fourth-order valence-corrected chi connectivity index (χ4v) is 23.0. The fourth-order valence-electron chi connectivity index (χ4n) is 20.7. The number of hydrogen-bond acceptors (Lipinski definition) is 26. The summed E-state index contributed by atoms with van der Waals surface area (Å²) in [5, 5.41) is 29.4. The standard InChI is InChI=1S/C23H24FN3O3.C18H21BrN2O3S.C17H20BrN3O3.C16H17BrN2O4.C16H17BrN2O3S.C6H6BFO2.CH3I.HI.H3N/c1-27-21(28)23(26-22(27)25)12-20(16-5-3-9-29-13-16)30-19-8-7-15(11-18(19)23)14-4-2-6-17(24)10-14;1-21-16(22)18(20-17(21)25-2)9-15(11-4-3-7-23-10-11)24-14-6-5-12(19)8-13(14)18;1-21-15(22)17(20-16(21)19)8-14(10-3-2-6-23-9-10)24-13-5-4-11(18)7-12(13)17;17-10-3-4-12-11(6-10)16(14(20)18-15(21)19-16)7-13(23-12)9-2-1-5-22-8-9;17-10-3-4-12-11(6-10)16(14(20)18-15(23)19-16)7-13(22-12)9-2-1-5-21-8-9;8-6-3-1-2-5(4-6)7(9)10;1-2;;/h2,4,6-8,10-11,16,20H,3,5,9,12-13H2,1H3,(H2,25,26);5-6,8,11,15H,3-4,7,9-10H2,1-2H3;4-5,7,10,14H,2-3,6,8-9H2,1H3,(H2,19,20);3-4,6,9,13H,1-2,5,7-8H2,(H2,18,19,20,21);3-4,6,9,13H,1-2,5,7-8H2,(H2,18,19,20,23);1-4,9-10H;1H3;1H;1H3. The van der Waals surface area contributed by atoms with E-state index in [-0.39, 0.29) is 131 Å². The quantitative estimate of drug-likeness (QED) is 0.0235. The number of ether oxygens (including phenoxy) is 10. The number of hydrogen-bond donors (Lipinski definition) is 9. The molecule has 15 unspecified atom stereocenters. The van der Waals surface area contributed by atoms with Crippen molar-refractivity contribution in [1.29, 1.82) is 0 Å². The molecule has 15 atom stereocenters. The van der Waals surface area contributed by atoms with E-state index in [0.717, 1.165) is 166 Å². The van der Waals surface area contributed by atoms with Gasteiger partial charge in [-0.1, -0.05) is 128 Å². The zero-order valence-electron chi connectivity index (χ0n) is 77.1. The second kappa shape index (κ2) is 46.1. The number of amides is 7. The number of thiocarbonyl (C=S) groups is 1. The Morgan fingerprint density at radius 3 is 1.09 bits per heavy atom. The Kier molecular flexibility index (Phi) is 35.4. The summed E-state index contributed by atoms with van der Waals surface area (Å²) in [5.74, 6) is 3.78. The summed E-state index contributed by atoms with van der Waals surface area (Å²) < 4.78 is 89.1. The van der Waals surface area contributed by atoms with Gasteiger partial charge >= 0.3 is 13.1 Å². The van der Waals surface area contributed by atoms with Gasteiger partial charge in [0.25, 0.3) is 29.5 Å². The van der Waals surface area contributed by atoms with Gasteiger partial charge in [0.1, 0.15) is 70.9 Å². The minimum atomic E-state index is -1.59. The van der Waals surface area contributed by atoms with Gasteiger partial charge in [-0.2, -0.15) is 0 Å². The first-order valence-corrected chi connectivity index (χ1v) is 52.6. The lowest BCUT2D eigenvalue weighted by Gasteiger charge is -2.41. The molecule has 0 saturated carbocycles. The molecule has 13 N–H and O–H groups in total. The zero-order chi connectivity index (χ0) is 97.0. The van der Waals surface area contributed by atoms with E-state index in [0.29, 0.717) is 110 Å². The molecule has 15 aliphatic heterocycles. The van der Waals surface area contributed by atoms with Crippen LogP contribution in [0.3, 0.4) is 0 Å². The highest BCUT2D eigenvalue weighted by atomic mass is 127. The average molecular weight is 2430 g/mol. The second-order valence-electron chi connectivity index (χ2n) is 36.2. The Balaban J connectivity index is 0.000000134. The molecule has 7 saturated heterocycles. The number of fused-ring (bicyclic) bond motifs is 10. The SMILES string of the molecule is CI.CN1C(=O)C2(CC(C3CCCOC3)Oc3ccc(-c4cccc(F)c4)cc32)N=C1N.CN1C(=O)C2(CC(C3CCCOC3)Oc3ccc(Br)cc32)N=C1N.CSC1=NC2(CC(C3CCCOC3)Oc3ccc(Br)cc32)C(=O)N1C.I.N.O=C1NC(=O)C2(CC(C3CCCOC3)Oc3ccc(Br)cc32)N1.O=C1NC(=S)NC12CC(C1CCCOC1)Oc1ccc(Br)cc12.OB(O)c1cccc(F)c1. The molecule has 31 nitrogen and oxygen atoms in total. The molecular formula is C97H112BBr4F2I2N13O18S2. The van der Waals surface area contributed by atoms with Crippen LogP contribution in [-0.4, -0.2) is 219 Å². The minimum absolute atomic E-state index is 0. The fraction of sp³-hybridized carbons (Fsp3) is 0.464. The van der Waals surface area contributed by atoms with Crippen LogP contribution >= 0.6 is 134 Å². The predicted octanol–water partition coefficient (Wildman–Crippen LogP) is 14.1. The van der Waals surface area contributed by atoms with E-state index in [1.807, 2.05) is 108 Å². The van der Waals surface area contributed by atoms with Crippen molar-refractivity contribution in [3.8, 4) is 39.9 Å². The van der Waals surface area contributed by atoms with Crippen LogP contribution < -0.4 is 68.0 Å². The van der Waals surface area contributed by atoms with Gasteiger partial charge in [0, 0.05) is 162 Å². The number of imide groups is 1. The molecule has 15 heterocycles. The molecule has 22 rings (SSSR count). The first kappa shape index (κ1) is 107. The number of nitrogens with one attached hydrogen (secondary N) is 4. The van der Waals surface area contributed by atoms with Crippen LogP contribution in [0.15, 0.2) is 172 Å². The summed E-state index contributed by atoms with van der Waals surface area (Å²) >= 11 is 22.8. The molecule has 15 aliphatic rings. The van der Waals surface area contributed by atoms with Gasteiger partial charge in [-0.05, 0) is 213 Å². The Labute approximate surface area is 879 Å². The molecular weight excluding hydrogens is 2320 g/mol. The van der Waals surface area contributed by atoms with Gasteiger partial charge < -0.3 is 91.0 Å². The topological polar surface area (TPSA) is 417 Å². The molecule has 744 valence electrons. The van der Waals surface area contributed by atoms with Gasteiger partial charge in [0.05, 0.1) is 33.0 Å². The molecule has 0 aliphatic carbocycles. The van der Waals surface area contributed by atoms with E-state index in [2.05, 4.69) is 118 Å². The van der Waals surface area contributed by atoms with Crippen LogP contribution in [0.2, 0.25) is 0 Å². The maximum absolute atomic E-state index is 13.8. The number of nitrogens with two attached hydrogens (primary N) is 2. The van der Waals surface area contributed by atoms with Gasteiger partial charge in [0.2, 0.25) is 0 Å². The van der Waals surface area contributed by atoms with Gasteiger partial charge in [-0.3, -0.25) is 44.0 Å². The van der Waals surface area contributed by atoms with Crippen molar-refractivity contribution in [2.75, 3.05) is 98.4 Å². The van der Waals surface area contributed by atoms with Crippen molar-refractivity contribution < 1.29 is 95.0 Å². The number of likely N-dealkylation sites (N-methyl/N-ethyl adjacent to an activating group) is 3. The highest BCUT2D eigenvalue weighted by Crippen LogP contribution is 2.55. The molecule has 0 bridgehead atoms. The van der Waals surface area contributed by atoms with Crippen LogP contribution in [0.25, 0.3) is 11.1 Å². The predicted molar refractivity (Wildman–Crippen MR) is 559 cm³/mol. The van der Waals surface area contributed by atoms with Crippen molar-refractivity contribution in [1.82, 2.24) is 42.1 Å². The van der Waals surface area contributed by atoms with E-state index in [9.17, 15) is 37.5 Å². The van der Waals surface area contributed by atoms with Crippen LogP contribution in [-0.2, 0) is 75.4 Å². The summed E-state index contributed by atoms with van der Waals surface area (Å²) in [6.45, 7) is 7.22. The van der Waals surface area contributed by atoms with Crippen molar-refractivity contribution in [3.63, 3.8) is 0 Å². The van der Waals surface area contributed by atoms with Crippen LogP contribution in [0.5, 0.6) is 28.7 Å². The van der Waals surface area contributed by atoms with Crippen molar-refractivity contribution in [2.45, 2.75) is 155 Å². The van der Waals surface area contributed by atoms with E-state index in [4.69, 9.17) is 86.1 Å². The number of urea groups is 1. The molecule has 0 radical (unpaired) electrons. The number of alkyl halides is 1. The Bertz CT molecular complexity index is 5720. The smallest absolute Gasteiger partial charge is 0.488 e. The number of thioether (sulfide) groups is 1. The first-order valence-electron chi connectivity index (χ1n) is 45.7. The molecule has 7 aromatic carbocycles. The Morgan fingerprint density at radius 2 is 0.777 bits per heavy atom. The lowest BCUT2D eigenvalue weighted by atomic mass is 9.77. The monoisotopic (exact) mass is 2430 g/mol. The van der Waals surface area contributed by atoms with Crippen LogP contribution in [0.4, 0.5) is 13.6 Å². The Hall–Kier alpha value is -7.81. The number of halogens is 8. The van der Waals surface area contributed by atoms with E-state index in [1.165, 1.54) is 51.9 Å². The number of amidine groups is 1. The summed E-state index contributed by atoms with van der Waals surface area (Å²) in [7, 11) is 3.52. The number of guanidine groups is 2. The molecule has 42 heteroatoms. The molecule has 0 aromatic heterocycles. The molecule has 5 spiro atoms. The maximum Gasteiger partial charge on any atom is 0.488 e. The highest BCUT2D eigenvalue weighted by molar-refractivity contribution is 14.1. The average Bonchev–Trinajstić information content (AvgIpc) is 1.71. The Morgan fingerprint density at radius 1 is 0.446 bits per heavy atom. The highest BCUT2D eigenvalue weighted by Gasteiger charge is 2.61. The third-order valence-electron chi connectivity index (χ3n) is 27.7. The number of carbonyl (C=O) groups excluding carboxylic acids is 6. The first-order chi connectivity index (χ1) is 65.9. The largest absolute Gasteiger partial charge is 0.490 e. The van der Waals surface area contributed by atoms with E-state index >= 15 is 0 Å². The van der Waals surface area contributed by atoms with E-state index < -0.39 is 46.7 Å². The summed E-state index contributed by atoms with van der Waals surface area (Å²) in [5.41, 5.74) is 12.7. The lowest BCUT2D eigenvalue weighted by Crippen LogP contribution is -2.52. The number of rotatable bonds is 7. The molecule has 7 aromatic rings. The maximum atomic E-state index is 13.8. The van der Waals surface area contributed by atoms with Crippen molar-refractivity contribution >= 4 is 205 Å². The third kappa shape index (κ3) is 22.4.